The van der Waals surface area contributed by atoms with Gasteiger partial charge in [-0.15, -0.1) is 0 Å². The van der Waals surface area contributed by atoms with Crippen molar-refractivity contribution in [1.29, 1.82) is 0 Å². The van der Waals surface area contributed by atoms with Crippen molar-refractivity contribution in [2.45, 2.75) is 13.5 Å². The molecule has 0 fully saturated rings. The van der Waals surface area contributed by atoms with Crippen LogP contribution in [0.5, 0.6) is 0 Å². The molecule has 0 saturated heterocycles. The van der Waals surface area contributed by atoms with Gasteiger partial charge in [-0.2, -0.15) is 0 Å². The van der Waals surface area contributed by atoms with Crippen molar-refractivity contribution in [3.63, 3.8) is 0 Å². The van der Waals surface area contributed by atoms with Crippen LogP contribution in [0.15, 0.2) is 18.2 Å². The molecular formula is C11H13ClN2. The smallest absolute Gasteiger partial charge is 0.0501 e. The van der Waals surface area contributed by atoms with Crippen LogP contribution < -0.4 is 5.32 Å². The maximum Gasteiger partial charge on any atom is 0.0501 e. The van der Waals surface area contributed by atoms with Gasteiger partial charge >= 0.3 is 0 Å². The van der Waals surface area contributed by atoms with Gasteiger partial charge in [-0.1, -0.05) is 17.7 Å². The number of hydrogen-bond donors (Lipinski definition) is 2. The largest absolute Gasteiger partial charge is 0.357 e. The standard InChI is InChI=1S/C11H13ClN2/c1-7-10(12)4-3-8-5-9(6-13-2)14-11(7)8/h3-5,13-14H,6H2,1-2H3. The first-order valence-corrected chi connectivity index (χ1v) is 5.01. The number of aromatic nitrogens is 1. The van der Waals surface area contributed by atoms with Gasteiger partial charge in [0.25, 0.3) is 0 Å². The summed E-state index contributed by atoms with van der Waals surface area (Å²) in [6, 6.07) is 6.13. The summed E-state index contributed by atoms with van der Waals surface area (Å²) in [7, 11) is 1.94. The van der Waals surface area contributed by atoms with Gasteiger partial charge in [-0.05, 0) is 31.7 Å². The Balaban J connectivity index is 2.59. The van der Waals surface area contributed by atoms with Crippen molar-refractivity contribution in [3.8, 4) is 0 Å². The summed E-state index contributed by atoms with van der Waals surface area (Å²) < 4.78 is 0. The number of benzene rings is 1. The number of H-pyrrole nitrogens is 1. The summed E-state index contributed by atoms with van der Waals surface area (Å²) in [6.45, 7) is 2.88. The number of nitrogens with one attached hydrogen (secondary N) is 2. The lowest BCUT2D eigenvalue weighted by atomic mass is 10.2. The zero-order valence-electron chi connectivity index (χ0n) is 8.32. The Labute approximate surface area is 88.3 Å². The highest BCUT2D eigenvalue weighted by atomic mass is 35.5. The quantitative estimate of drug-likeness (QED) is 0.781. The van der Waals surface area contributed by atoms with Crippen LogP contribution in [-0.4, -0.2) is 12.0 Å². The van der Waals surface area contributed by atoms with Crippen molar-refractivity contribution < 1.29 is 0 Å². The number of hydrogen-bond acceptors (Lipinski definition) is 1. The Bertz CT molecular complexity index is 460. The second kappa shape index (κ2) is 3.64. The molecule has 0 aliphatic heterocycles. The van der Waals surface area contributed by atoms with Crippen molar-refractivity contribution in [1.82, 2.24) is 10.3 Å². The van der Waals surface area contributed by atoms with Crippen molar-refractivity contribution in [2.75, 3.05) is 7.05 Å². The average Bonchev–Trinajstić information content (AvgIpc) is 2.56. The molecule has 0 bridgehead atoms. The Morgan fingerprint density at radius 1 is 1.43 bits per heavy atom. The number of rotatable bonds is 2. The molecule has 2 aromatic rings. The molecule has 0 aliphatic rings. The van der Waals surface area contributed by atoms with Gasteiger partial charge in [0.2, 0.25) is 0 Å². The van der Waals surface area contributed by atoms with E-state index >= 15 is 0 Å². The molecule has 1 aromatic carbocycles. The predicted molar refractivity (Wildman–Crippen MR) is 60.8 cm³/mol. The fourth-order valence-electron chi connectivity index (χ4n) is 1.66. The molecule has 0 radical (unpaired) electrons. The fraction of sp³-hybridized carbons (Fsp3) is 0.273. The van der Waals surface area contributed by atoms with Crippen LogP contribution >= 0.6 is 11.6 Å². The van der Waals surface area contributed by atoms with E-state index in [2.05, 4.69) is 16.4 Å². The Morgan fingerprint density at radius 3 is 2.93 bits per heavy atom. The van der Waals surface area contributed by atoms with E-state index in [1.165, 1.54) is 11.1 Å². The van der Waals surface area contributed by atoms with Gasteiger partial charge < -0.3 is 10.3 Å². The first-order valence-electron chi connectivity index (χ1n) is 4.63. The molecule has 0 unspecified atom stereocenters. The number of aromatic amines is 1. The van der Waals surface area contributed by atoms with Crippen molar-refractivity contribution in [3.05, 3.63) is 34.5 Å². The monoisotopic (exact) mass is 208 g/mol. The molecular weight excluding hydrogens is 196 g/mol. The van der Waals surface area contributed by atoms with E-state index < -0.39 is 0 Å². The molecule has 0 saturated carbocycles. The van der Waals surface area contributed by atoms with Crippen LogP contribution in [0.1, 0.15) is 11.3 Å². The minimum Gasteiger partial charge on any atom is -0.357 e. The Hall–Kier alpha value is -0.990. The molecule has 14 heavy (non-hydrogen) atoms. The fourth-order valence-corrected chi connectivity index (χ4v) is 1.82. The minimum absolute atomic E-state index is 0.815. The lowest BCUT2D eigenvalue weighted by molar-refractivity contribution is 0.799. The lowest BCUT2D eigenvalue weighted by Crippen LogP contribution is -2.04. The van der Waals surface area contributed by atoms with E-state index in [0.717, 1.165) is 22.6 Å². The maximum atomic E-state index is 6.04. The topological polar surface area (TPSA) is 27.8 Å². The second-order valence-electron chi connectivity index (χ2n) is 3.46. The lowest BCUT2D eigenvalue weighted by Gasteiger charge is -1.98. The molecule has 1 heterocycles. The maximum absolute atomic E-state index is 6.04. The summed E-state index contributed by atoms with van der Waals surface area (Å²) in [5.74, 6) is 0. The first-order chi connectivity index (χ1) is 6.72. The normalized spacial score (nSPS) is 11.1. The molecule has 1 aromatic heterocycles. The molecule has 2 nitrogen and oxygen atoms in total. The third-order valence-corrected chi connectivity index (χ3v) is 2.82. The highest BCUT2D eigenvalue weighted by Crippen LogP contribution is 2.25. The molecule has 0 atom stereocenters. The average molecular weight is 209 g/mol. The zero-order chi connectivity index (χ0) is 10.1. The third kappa shape index (κ3) is 1.51. The summed E-state index contributed by atoms with van der Waals surface area (Å²) in [5, 5.41) is 5.15. The molecule has 0 amide bonds. The molecule has 3 heteroatoms. The minimum atomic E-state index is 0.815. The van der Waals surface area contributed by atoms with Gasteiger partial charge in [0.1, 0.15) is 0 Å². The van der Waals surface area contributed by atoms with Crippen LogP contribution in [0, 0.1) is 6.92 Å². The van der Waals surface area contributed by atoms with Gasteiger partial charge in [-0.3, -0.25) is 0 Å². The Morgan fingerprint density at radius 2 is 2.21 bits per heavy atom. The van der Waals surface area contributed by atoms with Gasteiger partial charge in [-0.25, -0.2) is 0 Å². The zero-order valence-corrected chi connectivity index (χ0v) is 9.07. The van der Waals surface area contributed by atoms with Crippen LogP contribution in [0.3, 0.4) is 0 Å². The van der Waals surface area contributed by atoms with Gasteiger partial charge in [0, 0.05) is 22.6 Å². The SMILES string of the molecule is CNCc1cc2ccc(Cl)c(C)c2[nH]1. The molecule has 0 aliphatic carbocycles. The van der Waals surface area contributed by atoms with E-state index in [1.807, 2.05) is 26.1 Å². The Kier molecular flexibility index (Phi) is 2.48. The van der Waals surface area contributed by atoms with Crippen molar-refractivity contribution >= 4 is 22.5 Å². The summed E-state index contributed by atoms with van der Waals surface area (Å²) >= 11 is 6.04. The van der Waals surface area contributed by atoms with Crippen molar-refractivity contribution in [2.24, 2.45) is 0 Å². The second-order valence-corrected chi connectivity index (χ2v) is 3.87. The first kappa shape index (κ1) is 9.56. The molecule has 2 rings (SSSR count). The van der Waals surface area contributed by atoms with Crippen LogP contribution in [0.25, 0.3) is 10.9 Å². The molecule has 0 spiro atoms. The molecule has 2 N–H and O–H groups in total. The number of aryl methyl sites for hydroxylation is 1. The van der Waals surface area contributed by atoms with Crippen LogP contribution in [0.4, 0.5) is 0 Å². The summed E-state index contributed by atoms with van der Waals surface area (Å²) in [6.07, 6.45) is 0. The third-order valence-electron chi connectivity index (χ3n) is 2.41. The highest BCUT2D eigenvalue weighted by molar-refractivity contribution is 6.32. The van der Waals surface area contributed by atoms with Gasteiger partial charge in [0.05, 0.1) is 5.52 Å². The number of fused-ring (bicyclic) bond motifs is 1. The van der Waals surface area contributed by atoms with E-state index in [-0.39, 0.29) is 0 Å². The summed E-state index contributed by atoms with van der Waals surface area (Å²) in [5.41, 5.74) is 3.45. The van der Waals surface area contributed by atoms with E-state index in [9.17, 15) is 0 Å². The molecule has 74 valence electrons. The van der Waals surface area contributed by atoms with E-state index in [4.69, 9.17) is 11.6 Å². The number of halogens is 1. The van der Waals surface area contributed by atoms with E-state index in [1.54, 1.807) is 0 Å². The predicted octanol–water partition coefficient (Wildman–Crippen LogP) is 2.85. The van der Waals surface area contributed by atoms with Crippen LogP contribution in [-0.2, 0) is 6.54 Å². The van der Waals surface area contributed by atoms with E-state index in [0.29, 0.717) is 0 Å². The summed E-state index contributed by atoms with van der Waals surface area (Å²) in [4.78, 5) is 3.36. The highest BCUT2D eigenvalue weighted by Gasteiger charge is 2.04. The van der Waals surface area contributed by atoms with Gasteiger partial charge in [0.15, 0.2) is 0 Å². The van der Waals surface area contributed by atoms with Crippen LogP contribution in [0.2, 0.25) is 5.02 Å².